The number of morpholine rings is 1. The Morgan fingerprint density at radius 3 is 2.56 bits per heavy atom. The van der Waals surface area contributed by atoms with Gasteiger partial charge in [-0.1, -0.05) is 41.7 Å². The van der Waals surface area contributed by atoms with E-state index in [1.54, 1.807) is 50.1 Å². The van der Waals surface area contributed by atoms with Gasteiger partial charge in [-0.15, -0.1) is 0 Å². The van der Waals surface area contributed by atoms with E-state index in [1.807, 2.05) is 30.3 Å². The Kier molecular flexibility index (Phi) is 8.65. The predicted octanol–water partition coefficient (Wildman–Crippen LogP) is 2.04. The summed E-state index contributed by atoms with van der Waals surface area (Å²) in [4.78, 5) is 46.1. The molecule has 1 amide bonds. The van der Waals surface area contributed by atoms with Crippen molar-refractivity contribution in [1.82, 2.24) is 9.47 Å². The number of methoxy groups -OCH3 is 1. The first kappa shape index (κ1) is 28.3. The van der Waals surface area contributed by atoms with Crippen LogP contribution in [-0.2, 0) is 19.1 Å². The van der Waals surface area contributed by atoms with E-state index in [1.165, 1.54) is 15.9 Å². The van der Waals surface area contributed by atoms with Crippen LogP contribution in [0.3, 0.4) is 0 Å². The van der Waals surface area contributed by atoms with Crippen LogP contribution >= 0.6 is 11.3 Å². The highest BCUT2D eigenvalue weighted by Gasteiger charge is 2.35. The molecule has 10 nitrogen and oxygen atoms in total. The van der Waals surface area contributed by atoms with Crippen molar-refractivity contribution in [2.45, 2.75) is 19.9 Å². The number of esters is 1. The third-order valence-corrected chi connectivity index (χ3v) is 7.84. The molecule has 2 aliphatic heterocycles. The van der Waals surface area contributed by atoms with E-state index in [9.17, 15) is 14.4 Å². The van der Waals surface area contributed by atoms with Gasteiger partial charge >= 0.3 is 5.97 Å². The molecule has 3 aromatic rings. The molecule has 1 saturated heterocycles. The van der Waals surface area contributed by atoms with E-state index in [0.29, 0.717) is 64.0 Å². The maximum atomic E-state index is 13.8. The molecular weight excluding hydrogens is 546 g/mol. The zero-order valence-electron chi connectivity index (χ0n) is 23.1. The number of rotatable bonds is 8. The summed E-state index contributed by atoms with van der Waals surface area (Å²) in [6.45, 7) is 5.83. The van der Waals surface area contributed by atoms with Crippen molar-refractivity contribution in [3.05, 3.63) is 90.6 Å². The van der Waals surface area contributed by atoms with Crippen LogP contribution in [0.1, 0.15) is 31.0 Å². The number of benzene rings is 2. The number of allylic oxidation sites excluding steroid dienone is 1. The molecule has 11 heteroatoms. The van der Waals surface area contributed by atoms with Crippen LogP contribution < -0.4 is 24.4 Å². The van der Waals surface area contributed by atoms with Crippen molar-refractivity contribution in [2.24, 2.45) is 4.99 Å². The largest absolute Gasteiger partial charge is 0.496 e. The van der Waals surface area contributed by atoms with E-state index < -0.39 is 12.0 Å². The minimum absolute atomic E-state index is 0.0525. The Hall–Kier alpha value is -4.22. The normalized spacial score (nSPS) is 17.1. The zero-order chi connectivity index (χ0) is 28.9. The summed E-state index contributed by atoms with van der Waals surface area (Å²) < 4.78 is 23.9. The molecular formula is C30H31N3O7S. The Labute approximate surface area is 240 Å². The summed E-state index contributed by atoms with van der Waals surface area (Å²) in [6, 6.07) is 13.7. The van der Waals surface area contributed by atoms with Gasteiger partial charge in [0.15, 0.2) is 11.4 Å². The molecule has 5 rings (SSSR count). The second-order valence-corrected chi connectivity index (χ2v) is 10.4. The number of aromatic nitrogens is 1. The second-order valence-electron chi connectivity index (χ2n) is 9.40. The van der Waals surface area contributed by atoms with Crippen LogP contribution in [0.4, 0.5) is 0 Å². The minimum atomic E-state index is -0.761. The molecule has 0 saturated carbocycles. The highest BCUT2D eigenvalue weighted by Crippen LogP contribution is 2.35. The SMILES string of the molecule is CCOC(=O)C1=C(C)N=c2s/c(=C/c3ccc(OCC(=O)N4CCOCC4)cc3)c(=O)n2[C@H]1c1ccccc1OC. The van der Waals surface area contributed by atoms with Gasteiger partial charge in [0.25, 0.3) is 11.5 Å². The molecule has 1 atom stereocenters. The Bertz CT molecular complexity index is 1650. The molecule has 0 spiro atoms. The Balaban J connectivity index is 1.46. The lowest BCUT2D eigenvalue weighted by atomic mass is 9.95. The lowest BCUT2D eigenvalue weighted by Gasteiger charge is -2.26. The first-order valence-electron chi connectivity index (χ1n) is 13.3. The minimum Gasteiger partial charge on any atom is -0.496 e. The van der Waals surface area contributed by atoms with Gasteiger partial charge in [0.05, 0.1) is 42.7 Å². The van der Waals surface area contributed by atoms with Gasteiger partial charge in [0, 0.05) is 18.7 Å². The fourth-order valence-electron chi connectivity index (χ4n) is 4.84. The van der Waals surface area contributed by atoms with E-state index in [0.717, 1.165) is 5.56 Å². The molecule has 1 fully saturated rings. The maximum Gasteiger partial charge on any atom is 0.338 e. The molecule has 0 radical (unpaired) electrons. The number of amides is 1. The number of fused-ring (bicyclic) bond motifs is 1. The highest BCUT2D eigenvalue weighted by molar-refractivity contribution is 7.07. The third-order valence-electron chi connectivity index (χ3n) is 6.85. The number of thiazole rings is 1. The molecule has 214 valence electrons. The van der Waals surface area contributed by atoms with Crippen LogP contribution in [0.2, 0.25) is 0 Å². The van der Waals surface area contributed by atoms with Gasteiger partial charge in [-0.3, -0.25) is 14.2 Å². The molecule has 1 aromatic heterocycles. The lowest BCUT2D eigenvalue weighted by molar-refractivity contribution is -0.139. The van der Waals surface area contributed by atoms with E-state index in [4.69, 9.17) is 18.9 Å². The topological polar surface area (TPSA) is 109 Å². The van der Waals surface area contributed by atoms with E-state index >= 15 is 0 Å². The standard InChI is InChI=1S/C30H31N3O7S/c1-4-39-29(36)26-19(2)31-30-33(27(26)22-7-5-6-8-23(22)37-3)28(35)24(41-30)17-20-9-11-21(12-10-20)40-18-25(34)32-13-15-38-16-14-32/h5-12,17,27H,4,13-16,18H2,1-3H3/b24-17+/t27-/m0/s1. The van der Waals surface area contributed by atoms with E-state index in [2.05, 4.69) is 4.99 Å². The van der Waals surface area contributed by atoms with Gasteiger partial charge < -0.3 is 23.8 Å². The molecule has 2 aliphatic rings. The molecule has 0 unspecified atom stereocenters. The monoisotopic (exact) mass is 577 g/mol. The van der Waals surface area contributed by atoms with Crippen molar-refractivity contribution in [3.8, 4) is 11.5 Å². The maximum absolute atomic E-state index is 13.8. The average Bonchev–Trinajstić information content (AvgIpc) is 3.30. The van der Waals surface area contributed by atoms with E-state index in [-0.39, 0.29) is 24.7 Å². The van der Waals surface area contributed by atoms with Gasteiger partial charge in [0.2, 0.25) is 0 Å². The first-order valence-corrected chi connectivity index (χ1v) is 14.1. The number of carbonyl (C=O) groups is 2. The summed E-state index contributed by atoms with van der Waals surface area (Å²) >= 11 is 1.24. The van der Waals surface area contributed by atoms with Crippen LogP contribution in [0.25, 0.3) is 6.08 Å². The quantitative estimate of drug-likeness (QED) is 0.377. The number of para-hydroxylation sites is 1. The Morgan fingerprint density at radius 2 is 1.85 bits per heavy atom. The van der Waals surface area contributed by atoms with Crippen molar-refractivity contribution in [2.75, 3.05) is 46.6 Å². The predicted molar refractivity (Wildman–Crippen MR) is 153 cm³/mol. The first-order chi connectivity index (χ1) is 19.9. The smallest absolute Gasteiger partial charge is 0.338 e. The van der Waals surface area contributed by atoms with Crippen LogP contribution in [0.15, 0.2) is 69.6 Å². The number of hydrogen-bond donors (Lipinski definition) is 0. The van der Waals surface area contributed by atoms with Gasteiger partial charge in [-0.25, -0.2) is 9.79 Å². The number of ether oxygens (including phenoxy) is 4. The van der Waals surface area contributed by atoms with Gasteiger partial charge in [0.1, 0.15) is 17.5 Å². The molecule has 2 aromatic carbocycles. The summed E-state index contributed by atoms with van der Waals surface area (Å²) in [7, 11) is 1.55. The lowest BCUT2D eigenvalue weighted by Crippen LogP contribution is -2.42. The van der Waals surface area contributed by atoms with Crippen LogP contribution in [0, 0.1) is 0 Å². The number of hydrogen-bond acceptors (Lipinski definition) is 9. The van der Waals surface area contributed by atoms with Crippen LogP contribution in [0.5, 0.6) is 11.5 Å². The molecule has 0 bridgehead atoms. The summed E-state index contributed by atoms with van der Waals surface area (Å²) in [5, 5.41) is 0. The number of carbonyl (C=O) groups excluding carboxylic acids is 2. The molecule has 0 N–H and O–H groups in total. The van der Waals surface area contributed by atoms with Gasteiger partial charge in [-0.05, 0) is 43.7 Å². The second kappa shape index (κ2) is 12.5. The van der Waals surface area contributed by atoms with Crippen molar-refractivity contribution in [3.63, 3.8) is 0 Å². The molecule has 41 heavy (non-hydrogen) atoms. The fraction of sp³-hybridized carbons (Fsp3) is 0.333. The summed E-state index contributed by atoms with van der Waals surface area (Å²) in [5.74, 6) is 0.490. The number of nitrogens with zero attached hydrogens (tertiary/aromatic N) is 3. The zero-order valence-corrected chi connectivity index (χ0v) is 23.9. The highest BCUT2D eigenvalue weighted by atomic mass is 32.1. The van der Waals surface area contributed by atoms with Crippen molar-refractivity contribution >= 4 is 29.3 Å². The average molecular weight is 578 g/mol. The van der Waals surface area contributed by atoms with Crippen molar-refractivity contribution < 1.29 is 28.5 Å². The third kappa shape index (κ3) is 5.96. The van der Waals surface area contributed by atoms with Crippen LogP contribution in [-0.4, -0.2) is 68.0 Å². The van der Waals surface area contributed by atoms with Crippen molar-refractivity contribution in [1.29, 1.82) is 0 Å². The summed E-state index contributed by atoms with van der Waals surface area (Å²) in [5.41, 5.74) is 1.93. The summed E-state index contributed by atoms with van der Waals surface area (Å²) in [6.07, 6.45) is 1.77. The molecule has 0 aliphatic carbocycles. The van der Waals surface area contributed by atoms with Gasteiger partial charge in [-0.2, -0.15) is 0 Å². The molecule has 3 heterocycles. The fourth-order valence-corrected chi connectivity index (χ4v) is 5.89. The Morgan fingerprint density at radius 1 is 1.12 bits per heavy atom.